The van der Waals surface area contributed by atoms with Gasteiger partial charge in [0.1, 0.15) is 12.4 Å². The molecule has 1 saturated heterocycles. The van der Waals surface area contributed by atoms with Crippen LogP contribution in [0.15, 0.2) is 24.3 Å². The standard InChI is InChI=1S/C16H19FN2O4.ClH/c17-13-5-3-11(4-6-13)16(23)12-2-1-7-19(9-12)10-14(20)18-8-15(21)22;/h3-6,12H,1-2,7-10H2,(H,18,20)(H,21,22);1H. The van der Waals surface area contributed by atoms with Crippen LogP contribution in [0.2, 0.25) is 0 Å². The average Bonchev–Trinajstić information content (AvgIpc) is 2.53. The number of nitrogens with one attached hydrogen (secondary N) is 1. The van der Waals surface area contributed by atoms with E-state index in [4.69, 9.17) is 5.11 Å². The van der Waals surface area contributed by atoms with Crippen molar-refractivity contribution in [2.24, 2.45) is 5.92 Å². The number of carboxylic acids is 1. The Morgan fingerprint density at radius 3 is 2.54 bits per heavy atom. The monoisotopic (exact) mass is 358 g/mol. The van der Waals surface area contributed by atoms with Crippen molar-refractivity contribution in [1.82, 2.24) is 10.2 Å². The van der Waals surface area contributed by atoms with E-state index in [1.807, 2.05) is 4.90 Å². The van der Waals surface area contributed by atoms with Crippen molar-refractivity contribution in [3.8, 4) is 0 Å². The summed E-state index contributed by atoms with van der Waals surface area (Å²) in [6, 6.07) is 5.45. The lowest BCUT2D eigenvalue weighted by Crippen LogP contribution is -2.45. The number of amides is 1. The molecule has 1 aliphatic rings. The minimum atomic E-state index is -1.10. The zero-order valence-electron chi connectivity index (χ0n) is 13.0. The Balaban J connectivity index is 0.00000288. The maximum absolute atomic E-state index is 12.9. The van der Waals surface area contributed by atoms with Crippen LogP contribution in [0.4, 0.5) is 4.39 Å². The second kappa shape index (κ2) is 9.34. The van der Waals surface area contributed by atoms with Gasteiger partial charge in [-0.3, -0.25) is 19.3 Å². The molecule has 2 rings (SSSR count). The van der Waals surface area contributed by atoms with Gasteiger partial charge < -0.3 is 10.4 Å². The lowest BCUT2D eigenvalue weighted by molar-refractivity contribution is -0.138. The topological polar surface area (TPSA) is 86.7 Å². The average molecular weight is 359 g/mol. The molecule has 1 aromatic carbocycles. The van der Waals surface area contributed by atoms with Crippen LogP contribution in [-0.4, -0.2) is 53.8 Å². The molecular weight excluding hydrogens is 339 g/mol. The number of carbonyl (C=O) groups is 3. The Hall–Kier alpha value is -1.99. The molecule has 6 nitrogen and oxygen atoms in total. The normalized spacial score (nSPS) is 17.6. The Morgan fingerprint density at radius 1 is 1.25 bits per heavy atom. The lowest BCUT2D eigenvalue weighted by atomic mass is 9.90. The molecule has 0 spiro atoms. The summed E-state index contributed by atoms with van der Waals surface area (Å²) >= 11 is 0. The molecule has 8 heteroatoms. The van der Waals surface area contributed by atoms with E-state index in [2.05, 4.69) is 5.32 Å². The summed E-state index contributed by atoms with van der Waals surface area (Å²) in [5.74, 6) is -2.15. The minimum absolute atomic E-state index is 0. The molecule has 1 heterocycles. The number of nitrogens with zero attached hydrogens (tertiary/aromatic N) is 1. The Labute approximate surface area is 145 Å². The van der Waals surface area contributed by atoms with Crippen LogP contribution in [0.25, 0.3) is 0 Å². The van der Waals surface area contributed by atoms with Crippen LogP contribution < -0.4 is 5.32 Å². The molecule has 0 radical (unpaired) electrons. The van der Waals surface area contributed by atoms with E-state index in [0.717, 1.165) is 12.8 Å². The summed E-state index contributed by atoms with van der Waals surface area (Å²) in [4.78, 5) is 36.3. The van der Waals surface area contributed by atoms with Gasteiger partial charge in [-0.2, -0.15) is 0 Å². The van der Waals surface area contributed by atoms with Crippen molar-refractivity contribution < 1.29 is 23.9 Å². The van der Waals surface area contributed by atoms with Crippen molar-refractivity contribution >= 4 is 30.1 Å². The zero-order valence-corrected chi connectivity index (χ0v) is 13.9. The van der Waals surface area contributed by atoms with Gasteiger partial charge in [0.25, 0.3) is 0 Å². The van der Waals surface area contributed by atoms with Gasteiger partial charge in [-0.25, -0.2) is 4.39 Å². The quantitative estimate of drug-likeness (QED) is 0.749. The Bertz CT molecular complexity index is 594. The number of rotatable bonds is 6. The third-order valence-corrected chi connectivity index (χ3v) is 3.81. The third kappa shape index (κ3) is 5.90. The smallest absolute Gasteiger partial charge is 0.322 e. The van der Waals surface area contributed by atoms with E-state index in [9.17, 15) is 18.8 Å². The SMILES string of the molecule is Cl.O=C(O)CNC(=O)CN1CCCC(C(=O)c2ccc(F)cc2)C1. The maximum atomic E-state index is 12.9. The molecule has 2 N–H and O–H groups in total. The van der Waals surface area contributed by atoms with Crippen molar-refractivity contribution in [2.75, 3.05) is 26.2 Å². The summed E-state index contributed by atoms with van der Waals surface area (Å²) in [6.45, 7) is 0.787. The highest BCUT2D eigenvalue weighted by molar-refractivity contribution is 5.98. The van der Waals surface area contributed by atoms with Crippen molar-refractivity contribution in [3.63, 3.8) is 0 Å². The summed E-state index contributed by atoms with van der Waals surface area (Å²) in [5.41, 5.74) is 0.466. The van der Waals surface area contributed by atoms with Gasteiger partial charge in [0, 0.05) is 18.0 Å². The Kier molecular flexibility index (Phi) is 7.81. The second-order valence-corrected chi connectivity index (χ2v) is 5.62. The fraction of sp³-hybridized carbons (Fsp3) is 0.438. The van der Waals surface area contributed by atoms with Gasteiger partial charge in [0.05, 0.1) is 6.54 Å². The van der Waals surface area contributed by atoms with Crippen LogP contribution in [0.5, 0.6) is 0 Å². The summed E-state index contributed by atoms with van der Waals surface area (Å²) in [6.07, 6.45) is 1.51. The van der Waals surface area contributed by atoms with E-state index in [1.165, 1.54) is 24.3 Å². The van der Waals surface area contributed by atoms with Crippen LogP contribution in [0.1, 0.15) is 23.2 Å². The largest absolute Gasteiger partial charge is 0.480 e. The number of aliphatic carboxylic acids is 1. The first-order chi connectivity index (χ1) is 11.0. The number of piperidine rings is 1. The molecular formula is C16H20ClFN2O4. The molecule has 0 aliphatic carbocycles. The van der Waals surface area contributed by atoms with Crippen LogP contribution in [0, 0.1) is 11.7 Å². The predicted molar refractivity (Wildman–Crippen MR) is 87.8 cm³/mol. The highest BCUT2D eigenvalue weighted by Gasteiger charge is 2.27. The zero-order chi connectivity index (χ0) is 16.8. The first-order valence-electron chi connectivity index (χ1n) is 7.46. The van der Waals surface area contributed by atoms with Gasteiger partial charge in [0.2, 0.25) is 5.91 Å². The van der Waals surface area contributed by atoms with Gasteiger partial charge in [0.15, 0.2) is 5.78 Å². The number of carbonyl (C=O) groups excluding carboxylic acids is 2. The summed E-state index contributed by atoms with van der Waals surface area (Å²) in [7, 11) is 0. The number of halogens is 2. The van der Waals surface area contributed by atoms with Gasteiger partial charge in [-0.1, -0.05) is 0 Å². The number of Topliss-reactive ketones (excluding diaryl/α,β-unsaturated/α-hetero) is 1. The first-order valence-corrected chi connectivity index (χ1v) is 7.46. The molecule has 0 aromatic heterocycles. The minimum Gasteiger partial charge on any atom is -0.480 e. The number of hydrogen-bond acceptors (Lipinski definition) is 4. The van der Waals surface area contributed by atoms with Gasteiger partial charge in [-0.05, 0) is 43.7 Å². The molecule has 24 heavy (non-hydrogen) atoms. The maximum Gasteiger partial charge on any atom is 0.322 e. The first kappa shape index (κ1) is 20.1. The third-order valence-electron chi connectivity index (χ3n) is 3.81. The van der Waals surface area contributed by atoms with Gasteiger partial charge >= 0.3 is 5.97 Å². The Morgan fingerprint density at radius 2 is 1.92 bits per heavy atom. The van der Waals surface area contributed by atoms with E-state index in [1.54, 1.807) is 0 Å². The van der Waals surface area contributed by atoms with E-state index in [0.29, 0.717) is 18.7 Å². The van der Waals surface area contributed by atoms with E-state index < -0.39 is 12.5 Å². The molecule has 1 aromatic rings. The molecule has 132 valence electrons. The van der Waals surface area contributed by atoms with Crippen LogP contribution in [-0.2, 0) is 9.59 Å². The predicted octanol–water partition coefficient (Wildman–Crippen LogP) is 1.34. The number of benzene rings is 1. The highest BCUT2D eigenvalue weighted by Crippen LogP contribution is 2.21. The summed E-state index contributed by atoms with van der Waals surface area (Å²) < 4.78 is 12.9. The highest BCUT2D eigenvalue weighted by atomic mass is 35.5. The lowest BCUT2D eigenvalue weighted by Gasteiger charge is -2.31. The summed E-state index contributed by atoms with van der Waals surface area (Å²) in [5, 5.41) is 10.8. The fourth-order valence-electron chi connectivity index (χ4n) is 2.70. The van der Waals surface area contributed by atoms with E-state index >= 15 is 0 Å². The fourth-order valence-corrected chi connectivity index (χ4v) is 2.70. The molecule has 0 saturated carbocycles. The van der Waals surface area contributed by atoms with Crippen molar-refractivity contribution in [2.45, 2.75) is 12.8 Å². The van der Waals surface area contributed by atoms with Gasteiger partial charge in [-0.15, -0.1) is 12.4 Å². The van der Waals surface area contributed by atoms with Crippen LogP contribution >= 0.6 is 12.4 Å². The van der Waals surface area contributed by atoms with Crippen molar-refractivity contribution in [3.05, 3.63) is 35.6 Å². The molecule has 1 amide bonds. The van der Waals surface area contributed by atoms with E-state index in [-0.39, 0.29) is 42.4 Å². The molecule has 1 atom stereocenters. The number of ketones is 1. The van der Waals surface area contributed by atoms with Crippen molar-refractivity contribution in [1.29, 1.82) is 0 Å². The number of likely N-dealkylation sites (tertiary alicyclic amines) is 1. The molecule has 1 fully saturated rings. The number of hydrogen-bond donors (Lipinski definition) is 2. The molecule has 0 bridgehead atoms. The molecule has 1 unspecified atom stereocenters. The van der Waals surface area contributed by atoms with Crippen LogP contribution in [0.3, 0.4) is 0 Å². The molecule has 1 aliphatic heterocycles. The second-order valence-electron chi connectivity index (χ2n) is 5.62. The number of carboxylic acid groups (broad SMARTS) is 1.